The molecule has 1 unspecified atom stereocenters. The first-order valence-corrected chi connectivity index (χ1v) is 7.12. The second-order valence-electron chi connectivity index (χ2n) is 5.09. The Hall–Kier alpha value is -1.63. The molecule has 0 amide bonds. The van der Waals surface area contributed by atoms with Crippen molar-refractivity contribution < 1.29 is 9.47 Å². The molecule has 1 aliphatic heterocycles. The van der Waals surface area contributed by atoms with Crippen molar-refractivity contribution in [3.8, 4) is 6.01 Å². The number of hydrogen-bond donors (Lipinski definition) is 1. The fraction of sp³-hybridized carbons (Fsp3) is 0.769. The summed E-state index contributed by atoms with van der Waals surface area (Å²) in [5.41, 5.74) is 5.71. The summed E-state index contributed by atoms with van der Waals surface area (Å²) in [5.74, 6) is 1.24. The second-order valence-corrected chi connectivity index (χ2v) is 5.09. The minimum Gasteiger partial charge on any atom is -0.463 e. The van der Waals surface area contributed by atoms with Gasteiger partial charge in [0.05, 0.1) is 13.2 Å². The van der Waals surface area contributed by atoms with Crippen molar-refractivity contribution in [1.82, 2.24) is 15.0 Å². The Balaban J connectivity index is 2.00. The third-order valence-corrected chi connectivity index (χ3v) is 3.18. The topological polar surface area (TPSA) is 86.4 Å². The van der Waals surface area contributed by atoms with Crippen molar-refractivity contribution in [3.63, 3.8) is 0 Å². The van der Waals surface area contributed by atoms with E-state index in [0.29, 0.717) is 24.5 Å². The molecule has 7 heteroatoms. The third-order valence-electron chi connectivity index (χ3n) is 3.18. The van der Waals surface area contributed by atoms with Gasteiger partial charge in [-0.05, 0) is 25.2 Å². The fourth-order valence-electron chi connectivity index (χ4n) is 2.21. The van der Waals surface area contributed by atoms with Crippen molar-refractivity contribution in [1.29, 1.82) is 0 Å². The fourth-order valence-corrected chi connectivity index (χ4v) is 2.21. The van der Waals surface area contributed by atoms with E-state index in [1.807, 2.05) is 18.9 Å². The van der Waals surface area contributed by atoms with E-state index in [2.05, 4.69) is 15.0 Å². The predicted octanol–water partition coefficient (Wildman–Crippen LogP) is 1.11. The molecule has 1 aromatic rings. The zero-order chi connectivity index (χ0) is 14.4. The molecule has 1 aromatic heterocycles. The predicted molar refractivity (Wildman–Crippen MR) is 76.8 cm³/mol. The SMILES string of the molecule is CCCOc1nc(N)nc(N(C)CC2CCCOC2)n1. The van der Waals surface area contributed by atoms with Crippen molar-refractivity contribution >= 4 is 11.9 Å². The van der Waals surface area contributed by atoms with E-state index < -0.39 is 0 Å². The molecule has 0 spiro atoms. The smallest absolute Gasteiger partial charge is 0.323 e. The first kappa shape index (κ1) is 14.8. The number of rotatable bonds is 6. The van der Waals surface area contributed by atoms with E-state index in [1.54, 1.807) is 0 Å². The Bertz CT molecular complexity index is 423. The van der Waals surface area contributed by atoms with E-state index in [0.717, 1.165) is 32.6 Å². The summed E-state index contributed by atoms with van der Waals surface area (Å²) in [5, 5.41) is 0. The number of nitrogen functional groups attached to an aromatic ring is 1. The summed E-state index contributed by atoms with van der Waals surface area (Å²) in [6.45, 7) is 5.11. The zero-order valence-corrected chi connectivity index (χ0v) is 12.2. The van der Waals surface area contributed by atoms with E-state index >= 15 is 0 Å². The molecule has 0 bridgehead atoms. The third kappa shape index (κ3) is 4.19. The summed E-state index contributed by atoms with van der Waals surface area (Å²) >= 11 is 0. The van der Waals surface area contributed by atoms with Crippen molar-refractivity contribution in [3.05, 3.63) is 0 Å². The molecular formula is C13H23N5O2. The van der Waals surface area contributed by atoms with Crippen LogP contribution in [0.15, 0.2) is 0 Å². The van der Waals surface area contributed by atoms with Crippen LogP contribution in [0.2, 0.25) is 0 Å². The molecule has 0 aliphatic carbocycles. The quantitative estimate of drug-likeness (QED) is 0.835. The lowest BCUT2D eigenvalue weighted by molar-refractivity contribution is 0.0575. The molecule has 7 nitrogen and oxygen atoms in total. The minimum absolute atomic E-state index is 0.188. The molecule has 2 rings (SSSR count). The summed E-state index contributed by atoms with van der Waals surface area (Å²) in [6.07, 6.45) is 3.18. The normalized spacial score (nSPS) is 18.8. The molecule has 0 aromatic carbocycles. The van der Waals surface area contributed by atoms with Crippen LogP contribution < -0.4 is 15.4 Å². The first-order chi connectivity index (χ1) is 9.69. The van der Waals surface area contributed by atoms with Crippen LogP contribution in [0.3, 0.4) is 0 Å². The molecule has 1 atom stereocenters. The molecule has 2 N–H and O–H groups in total. The summed E-state index contributed by atoms with van der Waals surface area (Å²) in [7, 11) is 1.95. The van der Waals surface area contributed by atoms with Crippen LogP contribution in [0, 0.1) is 5.92 Å². The molecule has 0 radical (unpaired) electrons. The maximum atomic E-state index is 5.71. The van der Waals surface area contributed by atoms with Gasteiger partial charge >= 0.3 is 6.01 Å². The average molecular weight is 281 g/mol. The Morgan fingerprint density at radius 2 is 2.25 bits per heavy atom. The lowest BCUT2D eigenvalue weighted by Crippen LogP contribution is -2.32. The molecule has 1 fully saturated rings. The van der Waals surface area contributed by atoms with Crippen LogP contribution >= 0.6 is 0 Å². The van der Waals surface area contributed by atoms with Crippen molar-refractivity contribution in [2.75, 3.05) is 44.0 Å². The van der Waals surface area contributed by atoms with Gasteiger partial charge in [-0.15, -0.1) is 0 Å². The zero-order valence-electron chi connectivity index (χ0n) is 12.2. The molecule has 2 heterocycles. The number of nitrogens with zero attached hydrogens (tertiary/aromatic N) is 4. The summed E-state index contributed by atoms with van der Waals surface area (Å²) in [4.78, 5) is 14.4. The van der Waals surface area contributed by atoms with E-state index in [9.17, 15) is 0 Å². The van der Waals surface area contributed by atoms with E-state index in [4.69, 9.17) is 15.2 Å². The molecule has 1 aliphatic rings. The molecule has 0 saturated carbocycles. The average Bonchev–Trinajstić information content (AvgIpc) is 2.45. The highest BCUT2D eigenvalue weighted by atomic mass is 16.5. The molecular weight excluding hydrogens is 258 g/mol. The summed E-state index contributed by atoms with van der Waals surface area (Å²) in [6, 6.07) is 0.293. The van der Waals surface area contributed by atoms with Gasteiger partial charge in [0.25, 0.3) is 0 Å². The van der Waals surface area contributed by atoms with Crippen LogP contribution in [0.4, 0.5) is 11.9 Å². The van der Waals surface area contributed by atoms with E-state index in [-0.39, 0.29) is 5.95 Å². The largest absolute Gasteiger partial charge is 0.463 e. The van der Waals surface area contributed by atoms with Crippen LogP contribution in [0.1, 0.15) is 26.2 Å². The minimum atomic E-state index is 0.188. The molecule has 1 saturated heterocycles. The molecule has 20 heavy (non-hydrogen) atoms. The molecule has 112 valence electrons. The number of hydrogen-bond acceptors (Lipinski definition) is 7. The highest BCUT2D eigenvalue weighted by molar-refractivity contribution is 5.35. The Morgan fingerprint density at radius 1 is 1.40 bits per heavy atom. The monoisotopic (exact) mass is 281 g/mol. The van der Waals surface area contributed by atoms with Gasteiger partial charge in [0.15, 0.2) is 0 Å². The maximum absolute atomic E-state index is 5.71. The lowest BCUT2D eigenvalue weighted by Gasteiger charge is -2.27. The number of anilines is 2. The Kier molecular flexibility index (Phi) is 5.34. The Morgan fingerprint density at radius 3 is 2.95 bits per heavy atom. The van der Waals surface area contributed by atoms with Gasteiger partial charge in [0, 0.05) is 20.2 Å². The van der Waals surface area contributed by atoms with Gasteiger partial charge in [-0.1, -0.05) is 6.92 Å². The number of nitrogens with two attached hydrogens (primary N) is 1. The Labute approximate surface area is 119 Å². The van der Waals surface area contributed by atoms with Crippen LogP contribution in [0.5, 0.6) is 6.01 Å². The van der Waals surface area contributed by atoms with Crippen LogP contribution in [-0.4, -0.2) is 48.4 Å². The van der Waals surface area contributed by atoms with Crippen LogP contribution in [0.25, 0.3) is 0 Å². The number of ether oxygens (including phenoxy) is 2. The van der Waals surface area contributed by atoms with Gasteiger partial charge in [-0.2, -0.15) is 15.0 Å². The maximum Gasteiger partial charge on any atom is 0.323 e. The first-order valence-electron chi connectivity index (χ1n) is 7.12. The van der Waals surface area contributed by atoms with Gasteiger partial charge < -0.3 is 20.1 Å². The van der Waals surface area contributed by atoms with Crippen molar-refractivity contribution in [2.45, 2.75) is 26.2 Å². The second kappa shape index (κ2) is 7.23. The van der Waals surface area contributed by atoms with Crippen molar-refractivity contribution in [2.24, 2.45) is 5.92 Å². The van der Waals surface area contributed by atoms with Gasteiger partial charge in [0.1, 0.15) is 0 Å². The lowest BCUT2D eigenvalue weighted by atomic mass is 10.0. The van der Waals surface area contributed by atoms with Gasteiger partial charge in [0.2, 0.25) is 11.9 Å². The van der Waals surface area contributed by atoms with E-state index in [1.165, 1.54) is 6.42 Å². The van der Waals surface area contributed by atoms with Gasteiger partial charge in [-0.3, -0.25) is 0 Å². The highest BCUT2D eigenvalue weighted by Gasteiger charge is 2.18. The highest BCUT2D eigenvalue weighted by Crippen LogP contribution is 2.18. The summed E-state index contributed by atoms with van der Waals surface area (Å²) < 4.78 is 10.9. The van der Waals surface area contributed by atoms with Crippen LogP contribution in [-0.2, 0) is 4.74 Å². The van der Waals surface area contributed by atoms with Gasteiger partial charge in [-0.25, -0.2) is 0 Å². The number of aromatic nitrogens is 3. The standard InChI is InChI=1S/C13H23N5O2/c1-3-6-20-13-16-11(14)15-12(17-13)18(2)8-10-5-4-7-19-9-10/h10H,3-9H2,1-2H3,(H2,14,15,16,17).